The third-order valence-corrected chi connectivity index (χ3v) is 8.23. The largest absolute Gasteiger partial charge is 0.508 e. The molecular weight excluding hydrogens is 532 g/mol. The summed E-state index contributed by atoms with van der Waals surface area (Å²) in [7, 11) is -2.75. The molecule has 3 N–H and O–H groups in total. The Labute approximate surface area is 227 Å². The number of ether oxygens (including phenoxy) is 1. The lowest BCUT2D eigenvalue weighted by Crippen LogP contribution is -2.46. The summed E-state index contributed by atoms with van der Waals surface area (Å²) in [6.45, 7) is 7.77. The van der Waals surface area contributed by atoms with Crippen LogP contribution < -0.4 is 10.1 Å². The molecule has 0 aliphatic heterocycles. The lowest BCUT2D eigenvalue weighted by Gasteiger charge is -2.28. The Bertz CT molecular complexity index is 1200. The van der Waals surface area contributed by atoms with E-state index < -0.39 is 8.80 Å². The lowest BCUT2D eigenvalue weighted by molar-refractivity contribution is 0.0710. The molecule has 0 saturated heterocycles. The molecule has 3 aromatic rings. The third-order valence-electron chi connectivity index (χ3n) is 4.91. The average molecular weight is 563 g/mol. The van der Waals surface area contributed by atoms with Crippen LogP contribution in [0.25, 0.3) is 0 Å². The fraction of sp³-hybridized carbons (Fsp3) is 0.375. The summed E-state index contributed by atoms with van der Waals surface area (Å²) in [6, 6.07) is 11.3. The van der Waals surface area contributed by atoms with Gasteiger partial charge in [0.1, 0.15) is 22.9 Å². The van der Waals surface area contributed by atoms with Crippen molar-refractivity contribution < 1.29 is 28.2 Å². The van der Waals surface area contributed by atoms with Crippen LogP contribution in [0.3, 0.4) is 0 Å². The molecule has 3 rings (SSSR count). The van der Waals surface area contributed by atoms with E-state index in [0.29, 0.717) is 38.8 Å². The van der Waals surface area contributed by atoms with Gasteiger partial charge in [0.05, 0.1) is 0 Å². The number of hydrogen-bond donors (Lipinski definition) is 3. The second-order valence-electron chi connectivity index (χ2n) is 7.67. The third kappa shape index (κ3) is 8.60. The van der Waals surface area contributed by atoms with Gasteiger partial charge in [0.2, 0.25) is 11.2 Å². The van der Waals surface area contributed by atoms with Crippen LogP contribution in [-0.2, 0) is 13.3 Å². The fourth-order valence-corrected chi connectivity index (χ4v) is 6.15. The minimum atomic E-state index is -2.75. The van der Waals surface area contributed by atoms with Crippen LogP contribution in [0.5, 0.6) is 23.3 Å². The van der Waals surface area contributed by atoms with Crippen molar-refractivity contribution in [3.05, 3.63) is 47.7 Å². The Morgan fingerprint density at radius 2 is 1.58 bits per heavy atom. The number of benzene rings is 2. The van der Waals surface area contributed by atoms with E-state index in [-0.39, 0.29) is 45.9 Å². The summed E-state index contributed by atoms with van der Waals surface area (Å²) in [5.74, 6) is 0.330. The van der Waals surface area contributed by atoms with Crippen LogP contribution in [0.15, 0.2) is 52.7 Å². The van der Waals surface area contributed by atoms with Crippen molar-refractivity contribution in [2.75, 3.05) is 31.7 Å². The van der Waals surface area contributed by atoms with Gasteiger partial charge in [-0.1, -0.05) is 12.1 Å². The van der Waals surface area contributed by atoms with Crippen molar-refractivity contribution in [1.29, 1.82) is 0 Å². The number of phenolic OH excluding ortho intramolecular Hbond substituents is 2. The monoisotopic (exact) mass is 562 g/mol. The van der Waals surface area contributed by atoms with Gasteiger partial charge in [-0.2, -0.15) is 15.0 Å². The molecule has 0 spiro atoms. The summed E-state index contributed by atoms with van der Waals surface area (Å²) < 4.78 is 23.4. The molecule has 1 heterocycles. The predicted molar refractivity (Wildman–Crippen MR) is 144 cm³/mol. The molecule has 38 heavy (non-hydrogen) atoms. The Hall–Kier alpha value is -3.36. The molecule has 0 saturated carbocycles. The zero-order valence-corrected chi connectivity index (χ0v) is 23.2. The summed E-state index contributed by atoms with van der Waals surface area (Å²) in [5, 5.41) is 31.0. The molecule has 0 aliphatic carbocycles. The van der Waals surface area contributed by atoms with E-state index in [0.717, 1.165) is 0 Å². The molecular formula is C24H31ClN6O6Si. The molecule has 0 radical (unpaired) electrons. The molecule has 14 heteroatoms. The van der Waals surface area contributed by atoms with Gasteiger partial charge in [0.25, 0.3) is 0 Å². The van der Waals surface area contributed by atoms with Gasteiger partial charge in [-0.25, -0.2) is 0 Å². The van der Waals surface area contributed by atoms with Crippen molar-refractivity contribution >= 4 is 37.7 Å². The van der Waals surface area contributed by atoms with E-state index in [1.807, 2.05) is 20.8 Å². The van der Waals surface area contributed by atoms with Crippen LogP contribution in [0, 0.1) is 0 Å². The molecule has 0 atom stereocenters. The van der Waals surface area contributed by atoms with Gasteiger partial charge in [0.15, 0.2) is 5.75 Å². The summed E-state index contributed by atoms with van der Waals surface area (Å²) in [6.07, 6.45) is 0.681. The number of aromatic hydroxyl groups is 2. The van der Waals surface area contributed by atoms with E-state index in [4.69, 9.17) is 29.6 Å². The maximum atomic E-state index is 9.92. The summed E-state index contributed by atoms with van der Waals surface area (Å²) >= 11 is 6.10. The van der Waals surface area contributed by atoms with Crippen molar-refractivity contribution in [3.8, 4) is 23.3 Å². The first-order chi connectivity index (χ1) is 18.4. The number of nitrogens with one attached hydrogen (secondary N) is 1. The predicted octanol–water partition coefficient (Wildman–Crippen LogP) is 5.99. The van der Waals surface area contributed by atoms with Gasteiger partial charge in [-0.05, 0) is 63.1 Å². The van der Waals surface area contributed by atoms with Crippen LogP contribution in [0.2, 0.25) is 11.3 Å². The van der Waals surface area contributed by atoms with Crippen molar-refractivity contribution in [3.63, 3.8) is 0 Å². The Morgan fingerprint density at radius 3 is 2.26 bits per heavy atom. The Kier molecular flexibility index (Phi) is 11.2. The van der Waals surface area contributed by atoms with E-state index >= 15 is 0 Å². The smallest absolute Gasteiger partial charge is 0.500 e. The molecule has 0 bridgehead atoms. The maximum absolute atomic E-state index is 9.92. The van der Waals surface area contributed by atoms with Gasteiger partial charge in [-0.3, -0.25) is 0 Å². The fourth-order valence-electron chi connectivity index (χ4n) is 3.39. The van der Waals surface area contributed by atoms with Crippen molar-refractivity contribution in [1.82, 2.24) is 15.0 Å². The van der Waals surface area contributed by atoms with E-state index in [1.165, 1.54) is 24.3 Å². The molecule has 1 aromatic heterocycles. The highest BCUT2D eigenvalue weighted by atomic mass is 35.5. The highest BCUT2D eigenvalue weighted by Gasteiger charge is 2.39. The number of azo groups is 1. The van der Waals surface area contributed by atoms with Crippen LogP contribution in [0.4, 0.5) is 17.3 Å². The average Bonchev–Trinajstić information content (AvgIpc) is 2.88. The van der Waals surface area contributed by atoms with Crippen LogP contribution in [0.1, 0.15) is 27.2 Å². The van der Waals surface area contributed by atoms with Gasteiger partial charge in [-0.15, -0.1) is 10.2 Å². The zero-order chi connectivity index (χ0) is 27.4. The van der Waals surface area contributed by atoms with Gasteiger partial charge < -0.3 is 33.5 Å². The quantitative estimate of drug-likeness (QED) is 0.114. The zero-order valence-electron chi connectivity index (χ0n) is 21.4. The standard InChI is InChI=1S/C24H31ClN6O6Si/c1-4-34-38(35-5-2,36-6-3)15-9-14-26-23-27-22(25)28-24(29-23)37-21-13-12-17(32)16-19(21)31-30-18-10-7-8-11-20(18)33/h7-8,10-13,16,32-33H,4-6,9,14-15H2,1-3H3,(H,26,27,28,29). The SMILES string of the molecule is CCO[Si](CCCNc1nc(Cl)nc(Oc2ccc(O)cc2N=Nc2ccccc2O)n1)(OCC)OCC. The van der Waals surface area contributed by atoms with E-state index in [9.17, 15) is 10.2 Å². The second-order valence-corrected chi connectivity index (χ2v) is 10.7. The van der Waals surface area contributed by atoms with E-state index in [2.05, 4.69) is 30.5 Å². The first-order valence-corrected chi connectivity index (χ1v) is 14.5. The molecule has 0 fully saturated rings. The molecule has 2 aromatic carbocycles. The topological polar surface area (TPSA) is 153 Å². The molecule has 0 aliphatic rings. The first kappa shape index (κ1) is 29.2. The Morgan fingerprint density at radius 1 is 0.895 bits per heavy atom. The van der Waals surface area contributed by atoms with Crippen molar-refractivity contribution in [2.45, 2.75) is 33.2 Å². The number of hydrogen-bond acceptors (Lipinski definition) is 12. The second kappa shape index (κ2) is 14.5. The minimum Gasteiger partial charge on any atom is -0.508 e. The number of aromatic nitrogens is 3. The number of rotatable bonds is 15. The normalized spacial score (nSPS) is 11.7. The summed E-state index contributed by atoms with van der Waals surface area (Å²) in [4.78, 5) is 12.4. The summed E-state index contributed by atoms with van der Waals surface area (Å²) in [5.41, 5.74) is 0.435. The van der Waals surface area contributed by atoms with Crippen molar-refractivity contribution in [2.24, 2.45) is 10.2 Å². The highest BCUT2D eigenvalue weighted by molar-refractivity contribution is 6.60. The first-order valence-electron chi connectivity index (χ1n) is 12.2. The number of anilines is 1. The molecule has 0 unspecified atom stereocenters. The van der Waals surface area contributed by atoms with E-state index in [1.54, 1.807) is 18.2 Å². The maximum Gasteiger partial charge on any atom is 0.500 e. The van der Waals surface area contributed by atoms with Crippen LogP contribution >= 0.6 is 11.6 Å². The van der Waals surface area contributed by atoms with Gasteiger partial charge >= 0.3 is 14.8 Å². The van der Waals surface area contributed by atoms with Gasteiger partial charge in [0, 0.05) is 38.5 Å². The minimum absolute atomic E-state index is 0.0393. The van der Waals surface area contributed by atoms with Crippen LogP contribution in [-0.4, -0.2) is 60.3 Å². The number of para-hydroxylation sites is 1. The highest BCUT2D eigenvalue weighted by Crippen LogP contribution is 2.36. The number of halogens is 1. The molecule has 204 valence electrons. The Balaban J connectivity index is 1.70. The lowest BCUT2D eigenvalue weighted by atomic mass is 10.3. The number of phenols is 2. The molecule has 0 amide bonds. The molecule has 12 nitrogen and oxygen atoms in total. The number of nitrogens with zero attached hydrogens (tertiary/aromatic N) is 5.